The smallest absolute Gasteiger partial charge is 0.244 e. The SMILES string of the molecule is O=C(CN1C(=O)[C@@]2(COc3ccccc3)C[C@H]2c2ccccc21)Nc1cccnc1. The second-order valence-electron chi connectivity index (χ2n) is 7.75. The van der Waals surface area contributed by atoms with E-state index < -0.39 is 5.41 Å². The maximum atomic E-state index is 13.5. The van der Waals surface area contributed by atoms with Crippen LogP contribution in [0.1, 0.15) is 17.9 Å². The first-order valence-electron chi connectivity index (χ1n) is 9.96. The largest absolute Gasteiger partial charge is 0.492 e. The maximum absolute atomic E-state index is 13.5. The lowest BCUT2D eigenvalue weighted by molar-refractivity contribution is -0.127. The average Bonchev–Trinajstić information content (AvgIpc) is 3.53. The van der Waals surface area contributed by atoms with Crippen molar-refractivity contribution in [1.29, 1.82) is 0 Å². The Morgan fingerprint density at radius 3 is 2.70 bits per heavy atom. The van der Waals surface area contributed by atoms with Gasteiger partial charge in [-0.3, -0.25) is 14.6 Å². The van der Waals surface area contributed by atoms with Crippen LogP contribution in [-0.2, 0) is 9.59 Å². The fraction of sp³-hybridized carbons (Fsp3) is 0.208. The summed E-state index contributed by atoms with van der Waals surface area (Å²) in [5, 5.41) is 2.81. The van der Waals surface area contributed by atoms with E-state index in [1.807, 2.05) is 54.6 Å². The molecule has 2 heterocycles. The molecule has 30 heavy (non-hydrogen) atoms. The van der Waals surface area contributed by atoms with Crippen LogP contribution in [0.5, 0.6) is 5.75 Å². The Hall–Kier alpha value is -3.67. The molecule has 2 aromatic carbocycles. The third-order valence-electron chi connectivity index (χ3n) is 5.84. The van der Waals surface area contributed by atoms with Crippen molar-refractivity contribution in [3.8, 4) is 5.75 Å². The van der Waals surface area contributed by atoms with Crippen LogP contribution in [-0.4, -0.2) is 29.9 Å². The average molecular weight is 399 g/mol. The molecular formula is C24H21N3O3. The van der Waals surface area contributed by atoms with Gasteiger partial charge in [0.15, 0.2) is 0 Å². The summed E-state index contributed by atoms with van der Waals surface area (Å²) >= 11 is 0. The van der Waals surface area contributed by atoms with Gasteiger partial charge in [0, 0.05) is 17.8 Å². The first-order chi connectivity index (χ1) is 14.7. The monoisotopic (exact) mass is 399 g/mol. The van der Waals surface area contributed by atoms with Gasteiger partial charge >= 0.3 is 0 Å². The van der Waals surface area contributed by atoms with Gasteiger partial charge in [-0.05, 0) is 42.3 Å². The normalized spacial score (nSPS) is 21.4. The van der Waals surface area contributed by atoms with Crippen molar-refractivity contribution in [2.75, 3.05) is 23.4 Å². The molecule has 1 N–H and O–H groups in total. The number of aromatic nitrogens is 1. The van der Waals surface area contributed by atoms with Gasteiger partial charge in [0.25, 0.3) is 0 Å². The number of para-hydroxylation sites is 2. The van der Waals surface area contributed by atoms with Crippen LogP contribution in [0.2, 0.25) is 0 Å². The van der Waals surface area contributed by atoms with Crippen molar-refractivity contribution >= 4 is 23.2 Å². The molecule has 6 nitrogen and oxygen atoms in total. The molecule has 1 fully saturated rings. The maximum Gasteiger partial charge on any atom is 0.244 e. The Balaban J connectivity index is 1.38. The first-order valence-corrected chi connectivity index (χ1v) is 9.96. The number of pyridine rings is 1. The molecule has 0 spiro atoms. The van der Waals surface area contributed by atoms with Crippen LogP contribution >= 0.6 is 0 Å². The van der Waals surface area contributed by atoms with E-state index in [-0.39, 0.29) is 24.3 Å². The molecule has 6 heteroatoms. The number of benzene rings is 2. The van der Waals surface area contributed by atoms with Crippen molar-refractivity contribution in [3.05, 3.63) is 84.7 Å². The van der Waals surface area contributed by atoms with Crippen molar-refractivity contribution in [2.45, 2.75) is 12.3 Å². The van der Waals surface area contributed by atoms with Crippen molar-refractivity contribution < 1.29 is 14.3 Å². The zero-order valence-electron chi connectivity index (χ0n) is 16.3. The number of ether oxygens (including phenoxy) is 1. The number of fused-ring (bicyclic) bond motifs is 3. The topological polar surface area (TPSA) is 71.5 Å². The minimum atomic E-state index is -0.612. The Labute approximate surface area is 174 Å². The molecule has 0 unspecified atom stereocenters. The quantitative estimate of drug-likeness (QED) is 0.687. The molecule has 5 rings (SSSR count). The Kier molecular flexibility index (Phi) is 4.47. The van der Waals surface area contributed by atoms with Crippen LogP contribution in [0, 0.1) is 5.41 Å². The molecule has 1 aliphatic heterocycles. The van der Waals surface area contributed by atoms with Crippen molar-refractivity contribution in [3.63, 3.8) is 0 Å². The van der Waals surface area contributed by atoms with E-state index in [0.717, 1.165) is 23.4 Å². The third-order valence-corrected chi connectivity index (χ3v) is 5.84. The van der Waals surface area contributed by atoms with Gasteiger partial charge in [-0.15, -0.1) is 0 Å². The highest BCUT2D eigenvalue weighted by Crippen LogP contribution is 2.65. The zero-order chi connectivity index (χ0) is 20.6. The lowest BCUT2D eigenvalue weighted by Gasteiger charge is -2.33. The Morgan fingerprint density at radius 2 is 1.90 bits per heavy atom. The molecule has 1 aliphatic carbocycles. The number of anilines is 2. The summed E-state index contributed by atoms with van der Waals surface area (Å²) in [5.41, 5.74) is 1.90. The van der Waals surface area contributed by atoms with Crippen LogP contribution in [0.4, 0.5) is 11.4 Å². The van der Waals surface area contributed by atoms with Crippen LogP contribution < -0.4 is 15.0 Å². The highest BCUT2D eigenvalue weighted by atomic mass is 16.5. The second kappa shape index (κ2) is 7.30. The molecule has 2 aliphatic rings. The predicted molar refractivity (Wildman–Crippen MR) is 113 cm³/mol. The summed E-state index contributed by atoms with van der Waals surface area (Å²) in [4.78, 5) is 31.8. The predicted octanol–water partition coefficient (Wildman–Crippen LogP) is 3.62. The van der Waals surface area contributed by atoms with Gasteiger partial charge < -0.3 is 15.0 Å². The number of rotatable bonds is 6. The van der Waals surface area contributed by atoms with E-state index in [2.05, 4.69) is 10.3 Å². The standard InChI is InChI=1S/C24H21N3O3/c28-22(26-17-7-6-12-25-14-17)15-27-21-11-5-4-10-19(21)20-13-24(20,23(27)29)16-30-18-8-2-1-3-9-18/h1-12,14,20H,13,15-16H2,(H,26,28)/t20-,24+/m0/s1. The van der Waals surface area contributed by atoms with Gasteiger partial charge in [0.2, 0.25) is 11.8 Å². The number of hydrogen-bond donors (Lipinski definition) is 1. The second-order valence-corrected chi connectivity index (χ2v) is 7.75. The number of nitrogens with one attached hydrogen (secondary N) is 1. The Morgan fingerprint density at radius 1 is 1.10 bits per heavy atom. The molecule has 0 radical (unpaired) electrons. The molecular weight excluding hydrogens is 378 g/mol. The van der Waals surface area contributed by atoms with E-state index in [0.29, 0.717) is 12.3 Å². The molecule has 0 saturated heterocycles. The summed E-state index contributed by atoms with van der Waals surface area (Å²) < 4.78 is 5.97. The van der Waals surface area contributed by atoms with Gasteiger partial charge in [-0.2, -0.15) is 0 Å². The molecule has 1 saturated carbocycles. The molecule has 2 amide bonds. The van der Waals surface area contributed by atoms with E-state index in [4.69, 9.17) is 4.74 Å². The zero-order valence-corrected chi connectivity index (χ0v) is 16.3. The van der Waals surface area contributed by atoms with Gasteiger partial charge in [0.1, 0.15) is 18.9 Å². The van der Waals surface area contributed by atoms with Gasteiger partial charge in [0.05, 0.1) is 17.3 Å². The first kappa shape index (κ1) is 18.4. The summed E-state index contributed by atoms with van der Waals surface area (Å²) in [5.74, 6) is 0.556. The van der Waals surface area contributed by atoms with Crippen LogP contribution in [0.25, 0.3) is 0 Å². The minimum Gasteiger partial charge on any atom is -0.492 e. The fourth-order valence-electron chi connectivity index (χ4n) is 4.24. The van der Waals surface area contributed by atoms with Crippen molar-refractivity contribution in [1.82, 2.24) is 4.98 Å². The lowest BCUT2D eigenvalue weighted by Crippen LogP contribution is -2.47. The van der Waals surface area contributed by atoms with Gasteiger partial charge in [-0.25, -0.2) is 0 Å². The summed E-state index contributed by atoms with van der Waals surface area (Å²) in [6.07, 6.45) is 3.95. The molecule has 1 aromatic heterocycles. The summed E-state index contributed by atoms with van der Waals surface area (Å²) in [6.45, 7) is 0.250. The summed E-state index contributed by atoms with van der Waals surface area (Å²) in [6, 6.07) is 20.9. The number of carbonyl (C=O) groups is 2. The molecule has 2 atom stereocenters. The highest BCUT2D eigenvalue weighted by molar-refractivity contribution is 6.09. The third kappa shape index (κ3) is 3.20. The number of hydrogen-bond acceptors (Lipinski definition) is 4. The number of nitrogens with zero attached hydrogens (tertiary/aromatic N) is 2. The van der Waals surface area contributed by atoms with Crippen LogP contribution in [0.15, 0.2) is 79.1 Å². The number of amides is 2. The molecule has 3 aromatic rings. The Bertz CT molecular complexity index is 1090. The fourth-order valence-corrected chi connectivity index (χ4v) is 4.24. The lowest BCUT2D eigenvalue weighted by atomic mass is 9.92. The highest BCUT2D eigenvalue weighted by Gasteiger charge is 2.66. The van der Waals surface area contributed by atoms with Crippen molar-refractivity contribution in [2.24, 2.45) is 5.41 Å². The van der Waals surface area contributed by atoms with E-state index >= 15 is 0 Å². The van der Waals surface area contributed by atoms with E-state index in [1.54, 1.807) is 29.4 Å². The van der Waals surface area contributed by atoms with E-state index in [1.165, 1.54) is 0 Å². The summed E-state index contributed by atoms with van der Waals surface area (Å²) in [7, 11) is 0. The number of carbonyl (C=O) groups excluding carboxylic acids is 2. The van der Waals surface area contributed by atoms with E-state index in [9.17, 15) is 9.59 Å². The molecule has 0 bridgehead atoms. The van der Waals surface area contributed by atoms with Gasteiger partial charge in [-0.1, -0.05) is 36.4 Å². The van der Waals surface area contributed by atoms with Crippen LogP contribution in [0.3, 0.4) is 0 Å². The minimum absolute atomic E-state index is 0.0510. The molecule has 150 valence electrons.